The monoisotopic (exact) mass is 716 g/mol. The third kappa shape index (κ3) is 5.29. The van der Waals surface area contributed by atoms with Crippen molar-refractivity contribution >= 4 is 43.7 Å². The number of aromatic nitrogens is 4. The van der Waals surface area contributed by atoms with Gasteiger partial charge in [0, 0.05) is 49.5 Å². The van der Waals surface area contributed by atoms with Gasteiger partial charge in [-0.25, -0.2) is 15.0 Å². The summed E-state index contributed by atoms with van der Waals surface area (Å²) < 4.78 is 9.09. The molecule has 0 saturated heterocycles. The zero-order valence-electron chi connectivity index (χ0n) is 30.2. The van der Waals surface area contributed by atoms with Gasteiger partial charge >= 0.3 is 0 Å². The number of furan rings is 1. The molecule has 56 heavy (non-hydrogen) atoms. The van der Waals surface area contributed by atoms with Crippen molar-refractivity contribution < 1.29 is 4.42 Å². The highest BCUT2D eigenvalue weighted by Crippen LogP contribution is 2.43. The van der Waals surface area contributed by atoms with Gasteiger partial charge in [-0.2, -0.15) is 0 Å². The molecule has 0 saturated carbocycles. The van der Waals surface area contributed by atoms with Gasteiger partial charge < -0.3 is 8.98 Å². The molecule has 8 aromatic carbocycles. The van der Waals surface area contributed by atoms with E-state index in [0.717, 1.165) is 88.4 Å². The van der Waals surface area contributed by atoms with Gasteiger partial charge in [0.1, 0.15) is 5.58 Å². The summed E-state index contributed by atoms with van der Waals surface area (Å²) in [6.45, 7) is 0. The Kier molecular flexibility index (Phi) is 7.42. The van der Waals surface area contributed by atoms with Crippen LogP contribution < -0.4 is 0 Å². The van der Waals surface area contributed by atoms with E-state index in [4.69, 9.17) is 19.4 Å². The minimum Gasteiger partial charge on any atom is -0.454 e. The number of fused-ring (bicyclic) bond motifs is 7. The highest BCUT2D eigenvalue weighted by atomic mass is 16.3. The van der Waals surface area contributed by atoms with Crippen LogP contribution in [0.3, 0.4) is 0 Å². The van der Waals surface area contributed by atoms with Crippen LogP contribution in [0.15, 0.2) is 199 Å². The van der Waals surface area contributed by atoms with E-state index < -0.39 is 0 Å². The molecule has 0 N–H and O–H groups in total. The maximum absolute atomic E-state index is 6.73. The molecule has 3 heterocycles. The summed E-state index contributed by atoms with van der Waals surface area (Å²) in [4.78, 5) is 15.3. The van der Waals surface area contributed by atoms with Crippen LogP contribution in [0.4, 0.5) is 0 Å². The Hall–Kier alpha value is -7.63. The molecule has 0 radical (unpaired) electrons. The number of nitrogens with zero attached hydrogens (tertiary/aromatic N) is 4. The van der Waals surface area contributed by atoms with Gasteiger partial charge in [-0.05, 0) is 41.0 Å². The average molecular weight is 717 g/mol. The summed E-state index contributed by atoms with van der Waals surface area (Å²) in [5.74, 6) is 1.84. The molecule has 0 unspecified atom stereocenters. The zero-order valence-corrected chi connectivity index (χ0v) is 30.2. The minimum atomic E-state index is 0.598. The average Bonchev–Trinajstić information content (AvgIpc) is 3.84. The summed E-state index contributed by atoms with van der Waals surface area (Å²) in [6, 6.07) is 67.3. The summed E-state index contributed by atoms with van der Waals surface area (Å²) in [7, 11) is 0. The van der Waals surface area contributed by atoms with Crippen molar-refractivity contribution in [2.24, 2.45) is 0 Å². The lowest BCUT2D eigenvalue weighted by molar-refractivity contribution is 0.671. The SMILES string of the molecule is c1ccc(-c2ccc(-c3nc(-c4ccccc4)nc(-c4cccc(-n5c6c(-c7ccccc7)cccc6c6ccc7c8ccccc8oc7c65)c4)n3)cc2)cc1. The van der Waals surface area contributed by atoms with E-state index in [9.17, 15) is 0 Å². The first kappa shape index (κ1) is 31.9. The molecule has 262 valence electrons. The Morgan fingerprint density at radius 3 is 1.57 bits per heavy atom. The summed E-state index contributed by atoms with van der Waals surface area (Å²) >= 11 is 0. The van der Waals surface area contributed by atoms with Gasteiger partial charge in [0.25, 0.3) is 0 Å². The molecule has 5 heteroatoms. The van der Waals surface area contributed by atoms with Gasteiger partial charge in [-0.1, -0.05) is 170 Å². The van der Waals surface area contributed by atoms with Crippen molar-refractivity contribution in [1.29, 1.82) is 0 Å². The van der Waals surface area contributed by atoms with E-state index in [1.165, 1.54) is 0 Å². The molecule has 11 aromatic rings. The van der Waals surface area contributed by atoms with Crippen molar-refractivity contribution in [2.75, 3.05) is 0 Å². The number of benzene rings is 8. The predicted molar refractivity (Wildman–Crippen MR) is 229 cm³/mol. The molecular formula is C51H32N4O. The van der Waals surface area contributed by atoms with Crippen molar-refractivity contribution in [2.45, 2.75) is 0 Å². The summed E-state index contributed by atoms with van der Waals surface area (Å²) in [6.07, 6.45) is 0. The maximum atomic E-state index is 6.73. The van der Waals surface area contributed by atoms with Gasteiger partial charge in [0.2, 0.25) is 0 Å². The van der Waals surface area contributed by atoms with Crippen molar-refractivity contribution in [3.8, 4) is 62.1 Å². The van der Waals surface area contributed by atoms with E-state index in [2.05, 4.69) is 150 Å². The van der Waals surface area contributed by atoms with Crippen LogP contribution in [0.1, 0.15) is 0 Å². The second-order valence-corrected chi connectivity index (χ2v) is 14.0. The molecule has 0 aliphatic rings. The molecule has 5 nitrogen and oxygen atoms in total. The maximum Gasteiger partial charge on any atom is 0.164 e. The van der Waals surface area contributed by atoms with Gasteiger partial charge in [0.15, 0.2) is 23.1 Å². The molecule has 0 atom stereocenters. The first-order valence-corrected chi connectivity index (χ1v) is 18.8. The Morgan fingerprint density at radius 2 is 0.839 bits per heavy atom. The van der Waals surface area contributed by atoms with E-state index in [0.29, 0.717) is 17.5 Å². The van der Waals surface area contributed by atoms with E-state index in [1.807, 2.05) is 48.5 Å². The number of hydrogen-bond donors (Lipinski definition) is 0. The summed E-state index contributed by atoms with van der Waals surface area (Å²) in [5, 5.41) is 4.47. The first-order valence-electron chi connectivity index (χ1n) is 18.8. The van der Waals surface area contributed by atoms with Gasteiger partial charge in [0.05, 0.1) is 11.0 Å². The standard InChI is InChI=1S/C51H32N4O/c1-4-14-33(15-5-1)34-26-28-37(29-27-34)50-52-49(36-18-8-3-9-19-36)53-51(54-50)38-20-12-21-39(32-38)55-46-40(35-16-6-2-7-17-35)23-13-24-42(46)43-30-31-44-41-22-10-11-25-45(41)56-48(44)47(43)55/h1-32H. The van der Waals surface area contributed by atoms with Crippen LogP contribution in [-0.2, 0) is 0 Å². The van der Waals surface area contributed by atoms with Crippen molar-refractivity contribution in [3.05, 3.63) is 194 Å². The van der Waals surface area contributed by atoms with Crippen LogP contribution in [0.2, 0.25) is 0 Å². The first-order chi connectivity index (χ1) is 27.8. The highest BCUT2D eigenvalue weighted by molar-refractivity contribution is 6.23. The van der Waals surface area contributed by atoms with Gasteiger partial charge in [-0.15, -0.1) is 0 Å². The Labute approximate surface area is 322 Å². The lowest BCUT2D eigenvalue weighted by atomic mass is 10.0. The molecule has 0 aliphatic heterocycles. The summed E-state index contributed by atoms with van der Waals surface area (Å²) in [5.41, 5.74) is 12.2. The Bertz CT molecular complexity index is 3220. The van der Waals surface area contributed by atoms with E-state index in [1.54, 1.807) is 0 Å². The third-order valence-electron chi connectivity index (χ3n) is 10.7. The fraction of sp³-hybridized carbons (Fsp3) is 0. The molecule has 11 rings (SSSR count). The fourth-order valence-electron chi connectivity index (χ4n) is 8.01. The minimum absolute atomic E-state index is 0.598. The van der Waals surface area contributed by atoms with Crippen LogP contribution >= 0.6 is 0 Å². The molecule has 0 aliphatic carbocycles. The van der Waals surface area contributed by atoms with E-state index >= 15 is 0 Å². The fourth-order valence-corrected chi connectivity index (χ4v) is 8.01. The zero-order chi connectivity index (χ0) is 37.0. The van der Waals surface area contributed by atoms with Crippen LogP contribution in [0.5, 0.6) is 0 Å². The Morgan fingerprint density at radius 1 is 0.339 bits per heavy atom. The number of hydrogen-bond acceptors (Lipinski definition) is 4. The normalized spacial score (nSPS) is 11.6. The number of para-hydroxylation sites is 2. The van der Waals surface area contributed by atoms with Crippen LogP contribution in [0, 0.1) is 0 Å². The van der Waals surface area contributed by atoms with Gasteiger partial charge in [-0.3, -0.25) is 0 Å². The highest BCUT2D eigenvalue weighted by Gasteiger charge is 2.22. The molecule has 0 amide bonds. The largest absolute Gasteiger partial charge is 0.454 e. The molecule has 3 aromatic heterocycles. The second kappa shape index (κ2) is 13.0. The van der Waals surface area contributed by atoms with Crippen LogP contribution in [0.25, 0.3) is 106 Å². The molecule has 0 bridgehead atoms. The molecule has 0 spiro atoms. The topological polar surface area (TPSA) is 56.7 Å². The lowest BCUT2D eigenvalue weighted by Gasteiger charge is -2.14. The molecular weight excluding hydrogens is 685 g/mol. The van der Waals surface area contributed by atoms with Crippen molar-refractivity contribution in [1.82, 2.24) is 19.5 Å². The smallest absolute Gasteiger partial charge is 0.164 e. The van der Waals surface area contributed by atoms with Crippen molar-refractivity contribution in [3.63, 3.8) is 0 Å². The second-order valence-electron chi connectivity index (χ2n) is 14.0. The molecule has 0 fully saturated rings. The van der Waals surface area contributed by atoms with Crippen LogP contribution in [-0.4, -0.2) is 19.5 Å². The Balaban J connectivity index is 1.14. The third-order valence-corrected chi connectivity index (χ3v) is 10.7. The van der Waals surface area contributed by atoms with E-state index in [-0.39, 0.29) is 0 Å². The number of rotatable bonds is 6. The predicted octanol–water partition coefficient (Wildman–Crippen LogP) is 13.2. The lowest BCUT2D eigenvalue weighted by Crippen LogP contribution is -2.01. The quantitative estimate of drug-likeness (QED) is 0.172.